The number of halogens is 2. The second-order valence-corrected chi connectivity index (χ2v) is 7.20. The molecule has 0 N–H and O–H groups in total. The van der Waals surface area contributed by atoms with Crippen LogP contribution >= 0.6 is 24.8 Å². The molecule has 6 heteroatoms. The summed E-state index contributed by atoms with van der Waals surface area (Å²) in [6, 6.07) is 0. The number of hydrogen-bond acceptors (Lipinski definition) is 2. The minimum atomic E-state index is 0. The molecule has 2 aromatic rings. The molecule has 0 aliphatic carbocycles. The lowest BCUT2D eigenvalue weighted by molar-refractivity contribution is 0.518. The van der Waals surface area contributed by atoms with Crippen LogP contribution in [0.2, 0.25) is 0 Å². The number of aromatic nitrogens is 4. The van der Waals surface area contributed by atoms with E-state index in [1.54, 1.807) is 0 Å². The lowest BCUT2D eigenvalue weighted by Crippen LogP contribution is -1.94. The Morgan fingerprint density at radius 3 is 1.00 bits per heavy atom. The van der Waals surface area contributed by atoms with Crippen molar-refractivity contribution < 1.29 is 0 Å². The van der Waals surface area contributed by atoms with E-state index in [2.05, 4.69) is 31.5 Å². The fourth-order valence-electron chi connectivity index (χ4n) is 3.37. The molecule has 0 aromatic carbocycles. The number of aryl methyl sites for hydroxylation is 2. The van der Waals surface area contributed by atoms with Crippen LogP contribution in [0.3, 0.4) is 0 Å². The van der Waals surface area contributed by atoms with Crippen LogP contribution in [-0.2, 0) is 13.1 Å². The van der Waals surface area contributed by atoms with Gasteiger partial charge in [-0.25, -0.2) is 9.97 Å². The van der Waals surface area contributed by atoms with Gasteiger partial charge in [0.2, 0.25) is 0 Å². The van der Waals surface area contributed by atoms with Gasteiger partial charge in [-0.1, -0.05) is 70.6 Å². The first-order chi connectivity index (χ1) is 12.4. The highest BCUT2D eigenvalue weighted by Crippen LogP contribution is 2.13. The van der Waals surface area contributed by atoms with Crippen molar-refractivity contribution in [3.05, 3.63) is 37.4 Å². The number of unbranched alkanes of at least 4 members (excludes halogenated alkanes) is 12. The molecule has 0 saturated heterocycles. The zero-order valence-corrected chi connectivity index (χ0v) is 18.3. The van der Waals surface area contributed by atoms with E-state index < -0.39 is 0 Å². The summed E-state index contributed by atoms with van der Waals surface area (Å²) in [4.78, 5) is 8.15. The summed E-state index contributed by atoms with van der Waals surface area (Å²) in [6.07, 6.45) is 29.7. The van der Waals surface area contributed by atoms with Crippen molar-refractivity contribution in [2.75, 3.05) is 0 Å². The predicted octanol–water partition coefficient (Wildman–Crippen LogP) is 6.69. The Hall–Kier alpha value is -1.00. The molecular weight excluding hydrogens is 379 g/mol. The van der Waals surface area contributed by atoms with Crippen LogP contribution < -0.4 is 0 Å². The first-order valence-corrected chi connectivity index (χ1v) is 10.4. The number of nitrogens with zero attached hydrogens (tertiary/aromatic N) is 4. The molecule has 0 aliphatic rings. The standard InChI is InChI=1S/C21H36N4.2ClH/c1(2-4-6-8-10-12-16-24-18-14-22-20-24)3-5-7-9-11-13-17-25-19-15-23-21-25;;/h14-15,18-21H,1-13,16-17H2;2*1H. The number of rotatable bonds is 16. The maximum atomic E-state index is 4.08. The summed E-state index contributed by atoms with van der Waals surface area (Å²) in [5, 5.41) is 0. The van der Waals surface area contributed by atoms with Crippen molar-refractivity contribution in [1.82, 2.24) is 19.1 Å². The molecule has 0 bridgehead atoms. The summed E-state index contributed by atoms with van der Waals surface area (Å²) in [5.41, 5.74) is 0. The molecule has 27 heavy (non-hydrogen) atoms. The van der Waals surface area contributed by atoms with Crippen molar-refractivity contribution in [3.8, 4) is 0 Å². The molecule has 0 amide bonds. The highest BCUT2D eigenvalue weighted by molar-refractivity contribution is 5.85. The van der Waals surface area contributed by atoms with Crippen molar-refractivity contribution in [3.63, 3.8) is 0 Å². The Morgan fingerprint density at radius 2 is 0.741 bits per heavy atom. The smallest absolute Gasteiger partial charge is 0.0945 e. The Bertz CT molecular complexity index is 454. The van der Waals surface area contributed by atoms with Crippen molar-refractivity contribution >= 4 is 24.8 Å². The van der Waals surface area contributed by atoms with Gasteiger partial charge < -0.3 is 9.13 Å². The number of imidazole rings is 2. The lowest BCUT2D eigenvalue weighted by atomic mass is 10.0. The first kappa shape index (κ1) is 26.0. The van der Waals surface area contributed by atoms with Gasteiger partial charge in [-0.3, -0.25) is 0 Å². The monoisotopic (exact) mass is 416 g/mol. The van der Waals surface area contributed by atoms with Crippen LogP contribution in [0, 0.1) is 0 Å². The quantitative estimate of drug-likeness (QED) is 0.285. The third-order valence-electron chi connectivity index (χ3n) is 4.95. The molecule has 2 aromatic heterocycles. The van der Waals surface area contributed by atoms with Crippen LogP contribution in [0.1, 0.15) is 83.5 Å². The maximum absolute atomic E-state index is 4.08. The van der Waals surface area contributed by atoms with E-state index >= 15 is 0 Å². The molecule has 0 saturated carbocycles. The van der Waals surface area contributed by atoms with Gasteiger partial charge in [-0.2, -0.15) is 0 Å². The fourth-order valence-corrected chi connectivity index (χ4v) is 3.37. The molecule has 2 rings (SSSR count). The van der Waals surface area contributed by atoms with Gasteiger partial charge in [0, 0.05) is 37.9 Å². The van der Waals surface area contributed by atoms with E-state index in [0.717, 1.165) is 13.1 Å². The predicted molar refractivity (Wildman–Crippen MR) is 119 cm³/mol. The second kappa shape index (κ2) is 18.4. The average molecular weight is 417 g/mol. The summed E-state index contributed by atoms with van der Waals surface area (Å²) in [7, 11) is 0. The topological polar surface area (TPSA) is 35.6 Å². The van der Waals surface area contributed by atoms with Gasteiger partial charge >= 0.3 is 0 Å². The van der Waals surface area contributed by atoms with Gasteiger partial charge in [-0.05, 0) is 12.8 Å². The van der Waals surface area contributed by atoms with Gasteiger partial charge in [0.1, 0.15) is 0 Å². The summed E-state index contributed by atoms with van der Waals surface area (Å²) >= 11 is 0. The highest BCUT2D eigenvalue weighted by atomic mass is 35.5. The van der Waals surface area contributed by atoms with E-state index in [9.17, 15) is 0 Å². The summed E-state index contributed by atoms with van der Waals surface area (Å²) < 4.78 is 4.36. The summed E-state index contributed by atoms with van der Waals surface area (Å²) in [5.74, 6) is 0. The van der Waals surface area contributed by atoms with E-state index in [4.69, 9.17) is 0 Å². The van der Waals surface area contributed by atoms with Crippen LogP contribution in [0.15, 0.2) is 37.4 Å². The molecule has 156 valence electrons. The van der Waals surface area contributed by atoms with Crippen molar-refractivity contribution in [2.45, 2.75) is 96.6 Å². The summed E-state index contributed by atoms with van der Waals surface area (Å²) in [6.45, 7) is 2.25. The molecule has 0 atom stereocenters. The number of hydrogen-bond donors (Lipinski definition) is 0. The molecule has 4 nitrogen and oxygen atoms in total. The molecule has 0 unspecified atom stereocenters. The van der Waals surface area contributed by atoms with Gasteiger partial charge in [0.05, 0.1) is 12.7 Å². The van der Waals surface area contributed by atoms with Crippen molar-refractivity contribution in [1.29, 1.82) is 0 Å². The largest absolute Gasteiger partial charge is 0.337 e. The Balaban J connectivity index is 0.00000338. The zero-order chi connectivity index (χ0) is 17.4. The molecular formula is C21H38Cl2N4. The average Bonchev–Trinajstić information content (AvgIpc) is 3.32. The minimum Gasteiger partial charge on any atom is -0.337 e. The normalized spacial score (nSPS) is 10.4. The third kappa shape index (κ3) is 13.8. The molecule has 2 heterocycles. The van der Waals surface area contributed by atoms with Crippen LogP contribution in [0.5, 0.6) is 0 Å². The highest BCUT2D eigenvalue weighted by Gasteiger charge is 1.95. The second-order valence-electron chi connectivity index (χ2n) is 7.20. The fraction of sp³-hybridized carbons (Fsp3) is 0.714. The molecule has 0 spiro atoms. The van der Waals surface area contributed by atoms with Crippen molar-refractivity contribution in [2.24, 2.45) is 0 Å². The van der Waals surface area contributed by atoms with Gasteiger partial charge in [0.25, 0.3) is 0 Å². The van der Waals surface area contributed by atoms with E-state index in [1.165, 1.54) is 83.5 Å². The molecule has 0 radical (unpaired) electrons. The van der Waals surface area contributed by atoms with Crippen LogP contribution in [0.4, 0.5) is 0 Å². The van der Waals surface area contributed by atoms with E-state index in [0.29, 0.717) is 0 Å². The lowest BCUT2D eigenvalue weighted by Gasteiger charge is -2.04. The molecule has 0 aliphatic heterocycles. The van der Waals surface area contributed by atoms with Crippen LogP contribution in [0.25, 0.3) is 0 Å². The molecule has 0 fully saturated rings. The third-order valence-corrected chi connectivity index (χ3v) is 4.95. The van der Waals surface area contributed by atoms with E-state index in [1.807, 2.05) is 25.0 Å². The Kier molecular flexibility index (Phi) is 17.7. The first-order valence-electron chi connectivity index (χ1n) is 10.4. The van der Waals surface area contributed by atoms with Gasteiger partial charge in [-0.15, -0.1) is 24.8 Å². The van der Waals surface area contributed by atoms with E-state index in [-0.39, 0.29) is 24.8 Å². The Labute approximate surface area is 178 Å². The zero-order valence-electron chi connectivity index (χ0n) is 16.7. The van der Waals surface area contributed by atoms with Gasteiger partial charge in [0.15, 0.2) is 0 Å². The SMILES string of the molecule is Cl.Cl.c1cn(CCCCCCCCCCCCCCCn2ccnc2)cn1. The Morgan fingerprint density at radius 1 is 0.444 bits per heavy atom. The van der Waals surface area contributed by atoms with Crippen LogP contribution in [-0.4, -0.2) is 19.1 Å². The maximum Gasteiger partial charge on any atom is 0.0945 e. The minimum absolute atomic E-state index is 0.